The van der Waals surface area contributed by atoms with E-state index < -0.39 is 0 Å². The molecule has 0 radical (unpaired) electrons. The first-order chi connectivity index (χ1) is 6.72. The number of hydrogen-bond donors (Lipinski definition) is 1. The van der Waals surface area contributed by atoms with Crippen LogP contribution in [0.25, 0.3) is 0 Å². The molecule has 0 bridgehead atoms. The van der Waals surface area contributed by atoms with Crippen LogP contribution in [0.15, 0.2) is 30.4 Å². The van der Waals surface area contributed by atoms with Gasteiger partial charge in [0.05, 0.1) is 0 Å². The van der Waals surface area contributed by atoms with Gasteiger partial charge in [0.1, 0.15) is 5.75 Å². The quantitative estimate of drug-likeness (QED) is 0.671. The number of hydrogen-bond acceptors (Lipinski definition) is 1. The zero-order chi connectivity index (χ0) is 10.1. The number of allylic oxidation sites excluding steroid dienone is 2. The summed E-state index contributed by atoms with van der Waals surface area (Å²) in [7, 11) is 0. The molecule has 1 heteroatoms. The summed E-state index contributed by atoms with van der Waals surface area (Å²) in [4.78, 5) is 0. The van der Waals surface area contributed by atoms with Crippen molar-refractivity contribution >= 4 is 0 Å². The van der Waals surface area contributed by atoms with Gasteiger partial charge in [-0.2, -0.15) is 0 Å². The van der Waals surface area contributed by atoms with Crippen LogP contribution in [0, 0.1) is 5.92 Å². The maximum absolute atomic E-state index is 9.38. The highest BCUT2D eigenvalue weighted by molar-refractivity contribution is 5.43. The van der Waals surface area contributed by atoms with Crippen molar-refractivity contribution in [3.63, 3.8) is 0 Å². The number of benzene rings is 1. The smallest absolute Gasteiger partial charge is 0.115 e. The van der Waals surface area contributed by atoms with Crippen LogP contribution < -0.4 is 0 Å². The maximum atomic E-state index is 9.38. The molecule has 0 saturated heterocycles. The van der Waals surface area contributed by atoms with Crippen molar-refractivity contribution in [3.8, 4) is 5.75 Å². The third-order valence-corrected chi connectivity index (χ3v) is 3.04. The van der Waals surface area contributed by atoms with Crippen LogP contribution in [0.5, 0.6) is 5.75 Å². The molecule has 0 unspecified atom stereocenters. The van der Waals surface area contributed by atoms with Crippen LogP contribution in [0.4, 0.5) is 0 Å². The van der Waals surface area contributed by atoms with Gasteiger partial charge in [0.25, 0.3) is 0 Å². The molecule has 0 spiro atoms. The van der Waals surface area contributed by atoms with E-state index in [0.29, 0.717) is 17.6 Å². The number of phenolic OH excluding ortho intramolecular Hbond substituents is 1. The third-order valence-electron chi connectivity index (χ3n) is 3.04. The molecule has 1 aromatic carbocycles. The summed E-state index contributed by atoms with van der Waals surface area (Å²) in [5.41, 5.74) is 2.69. The van der Waals surface area contributed by atoms with Crippen molar-refractivity contribution in [2.75, 3.05) is 0 Å². The molecule has 1 aromatic rings. The third kappa shape index (κ3) is 1.43. The average Bonchev–Trinajstić information content (AvgIpc) is 2.43. The first kappa shape index (κ1) is 9.32. The van der Waals surface area contributed by atoms with E-state index in [2.05, 4.69) is 32.1 Å². The molecule has 1 N–H and O–H groups in total. The molecule has 0 saturated carbocycles. The molecule has 0 fully saturated rings. The summed E-state index contributed by atoms with van der Waals surface area (Å²) in [6.07, 6.45) is 5.45. The van der Waals surface area contributed by atoms with Crippen molar-refractivity contribution in [3.05, 3.63) is 41.5 Å². The zero-order valence-corrected chi connectivity index (χ0v) is 8.70. The predicted molar refractivity (Wildman–Crippen MR) is 58.5 cm³/mol. The predicted octanol–water partition coefficient (Wildman–Crippen LogP) is 3.24. The normalized spacial score (nSPS) is 25.6. The van der Waals surface area contributed by atoms with Crippen LogP contribution in [0.1, 0.15) is 30.9 Å². The summed E-state index contributed by atoms with van der Waals surface area (Å²) in [5.74, 6) is 1.58. The fourth-order valence-electron chi connectivity index (χ4n) is 2.38. The molecule has 2 atom stereocenters. The second-order valence-corrected chi connectivity index (χ2v) is 4.12. The Labute approximate surface area is 85.1 Å². The summed E-state index contributed by atoms with van der Waals surface area (Å²) in [6.45, 7) is 4.33. The molecule has 1 nitrogen and oxygen atoms in total. The summed E-state index contributed by atoms with van der Waals surface area (Å²) < 4.78 is 0. The molecule has 2 rings (SSSR count). The topological polar surface area (TPSA) is 20.2 Å². The minimum Gasteiger partial charge on any atom is -0.508 e. The second-order valence-electron chi connectivity index (χ2n) is 4.12. The van der Waals surface area contributed by atoms with Gasteiger partial charge in [0, 0.05) is 5.92 Å². The first-order valence-corrected chi connectivity index (χ1v) is 5.17. The molecule has 0 heterocycles. The molecule has 0 amide bonds. The number of rotatable bonds is 1. The van der Waals surface area contributed by atoms with E-state index in [-0.39, 0.29) is 0 Å². The fourth-order valence-corrected chi connectivity index (χ4v) is 2.38. The first-order valence-electron chi connectivity index (χ1n) is 5.17. The van der Waals surface area contributed by atoms with Gasteiger partial charge in [-0.1, -0.05) is 25.1 Å². The number of aromatic hydroxyl groups is 1. The zero-order valence-electron chi connectivity index (χ0n) is 8.70. The van der Waals surface area contributed by atoms with E-state index in [4.69, 9.17) is 0 Å². The van der Waals surface area contributed by atoms with E-state index in [1.54, 1.807) is 6.07 Å². The van der Waals surface area contributed by atoms with Gasteiger partial charge in [0.15, 0.2) is 0 Å². The van der Waals surface area contributed by atoms with Crippen molar-refractivity contribution in [2.24, 2.45) is 5.92 Å². The van der Waals surface area contributed by atoms with E-state index in [0.717, 1.165) is 6.42 Å². The van der Waals surface area contributed by atoms with Gasteiger partial charge in [-0.25, -0.2) is 0 Å². The second kappa shape index (κ2) is 3.49. The lowest BCUT2D eigenvalue weighted by Crippen LogP contribution is -1.99. The molecule has 0 aliphatic heterocycles. The molecular weight excluding hydrogens is 172 g/mol. The van der Waals surface area contributed by atoms with Gasteiger partial charge < -0.3 is 5.11 Å². The van der Waals surface area contributed by atoms with Gasteiger partial charge >= 0.3 is 0 Å². The Morgan fingerprint density at radius 3 is 2.93 bits per heavy atom. The van der Waals surface area contributed by atoms with E-state index in [1.807, 2.05) is 6.07 Å². The molecule has 14 heavy (non-hydrogen) atoms. The van der Waals surface area contributed by atoms with E-state index >= 15 is 0 Å². The average molecular weight is 188 g/mol. The lowest BCUT2D eigenvalue weighted by Gasteiger charge is -2.11. The molecule has 74 valence electrons. The van der Waals surface area contributed by atoms with Crippen molar-refractivity contribution in [1.82, 2.24) is 0 Å². The van der Waals surface area contributed by atoms with Crippen molar-refractivity contribution < 1.29 is 5.11 Å². The minimum atomic E-state index is 0.386. The fraction of sp³-hybridized carbons (Fsp3) is 0.385. The van der Waals surface area contributed by atoms with E-state index in [1.165, 1.54) is 11.1 Å². The Morgan fingerprint density at radius 2 is 2.21 bits per heavy atom. The number of phenols is 1. The Morgan fingerprint density at radius 1 is 1.43 bits per heavy atom. The number of fused-ring (bicyclic) bond motifs is 1. The van der Waals surface area contributed by atoms with Crippen molar-refractivity contribution in [1.29, 1.82) is 0 Å². The Kier molecular flexibility index (Phi) is 2.32. The summed E-state index contributed by atoms with van der Waals surface area (Å²) in [6, 6.07) is 5.74. The summed E-state index contributed by atoms with van der Waals surface area (Å²) >= 11 is 0. The lowest BCUT2D eigenvalue weighted by atomic mass is 9.94. The Balaban J connectivity index is 2.42. The van der Waals surface area contributed by atoms with Gasteiger partial charge in [0.2, 0.25) is 0 Å². The highest BCUT2D eigenvalue weighted by Crippen LogP contribution is 2.39. The largest absolute Gasteiger partial charge is 0.508 e. The molecule has 0 aromatic heterocycles. The van der Waals surface area contributed by atoms with Crippen LogP contribution >= 0.6 is 0 Å². The summed E-state index contributed by atoms with van der Waals surface area (Å²) in [5, 5.41) is 9.38. The van der Waals surface area contributed by atoms with Crippen LogP contribution in [-0.2, 0) is 6.42 Å². The lowest BCUT2D eigenvalue weighted by molar-refractivity contribution is 0.474. The monoisotopic (exact) mass is 188 g/mol. The van der Waals surface area contributed by atoms with Gasteiger partial charge in [-0.15, -0.1) is 0 Å². The highest BCUT2D eigenvalue weighted by Gasteiger charge is 2.27. The minimum absolute atomic E-state index is 0.386. The van der Waals surface area contributed by atoms with Crippen LogP contribution in [0.3, 0.4) is 0 Å². The van der Waals surface area contributed by atoms with Gasteiger partial charge in [-0.05, 0) is 42.5 Å². The van der Waals surface area contributed by atoms with E-state index in [9.17, 15) is 5.11 Å². The standard InChI is InChI=1S/C13H16O/c1-3-4-12-9(2)7-10-8-11(14)5-6-13(10)12/h3-6,8-9,12,14H,7H2,1-2H3/b4-3-/t9-,12-/m1/s1. The molecular formula is C13H16O. The maximum Gasteiger partial charge on any atom is 0.115 e. The van der Waals surface area contributed by atoms with Gasteiger partial charge in [-0.3, -0.25) is 0 Å². The van der Waals surface area contributed by atoms with Crippen molar-refractivity contribution in [2.45, 2.75) is 26.2 Å². The Bertz CT molecular complexity index is 365. The van der Waals surface area contributed by atoms with Crippen LogP contribution in [-0.4, -0.2) is 5.11 Å². The molecule has 1 aliphatic carbocycles. The molecule has 1 aliphatic rings. The SMILES string of the molecule is C/C=C\[C@H]1c2ccc(O)cc2C[C@H]1C. The Hall–Kier alpha value is -1.24. The van der Waals surface area contributed by atoms with Crippen LogP contribution in [0.2, 0.25) is 0 Å². The highest BCUT2D eigenvalue weighted by atomic mass is 16.3.